The Balaban J connectivity index is 2.28. The highest BCUT2D eigenvalue weighted by Crippen LogP contribution is 2.21. The number of aliphatic hydroxyl groups is 1. The highest BCUT2D eigenvalue weighted by atomic mass is 16.3. The van der Waals surface area contributed by atoms with E-state index in [2.05, 4.69) is 15.6 Å². The molecule has 114 valence electrons. The standard InChI is InChI=1S/C15H22N4O2/c1-6-19-12-8-7-10(9-11(12)17-18-19)13(20)16-14(2,3)15(4,5)21/h7-9,21H,6H2,1-5H3,(H,16,20). The third kappa shape index (κ3) is 2.90. The number of hydrogen-bond donors (Lipinski definition) is 2. The van der Waals surface area contributed by atoms with Crippen LogP contribution in [0.2, 0.25) is 0 Å². The van der Waals surface area contributed by atoms with Crippen molar-refractivity contribution in [3.63, 3.8) is 0 Å². The lowest BCUT2D eigenvalue weighted by molar-refractivity contribution is -0.00292. The van der Waals surface area contributed by atoms with Gasteiger partial charge in [0.2, 0.25) is 0 Å². The second-order valence-corrected chi connectivity index (χ2v) is 6.25. The maximum absolute atomic E-state index is 12.3. The Morgan fingerprint density at radius 2 is 2.00 bits per heavy atom. The van der Waals surface area contributed by atoms with Crippen LogP contribution in [0, 0.1) is 0 Å². The Morgan fingerprint density at radius 1 is 1.33 bits per heavy atom. The number of rotatable bonds is 4. The van der Waals surface area contributed by atoms with Crippen molar-refractivity contribution in [2.45, 2.75) is 52.3 Å². The van der Waals surface area contributed by atoms with E-state index in [1.54, 1.807) is 44.5 Å². The molecule has 0 saturated carbocycles. The van der Waals surface area contributed by atoms with Gasteiger partial charge in [-0.1, -0.05) is 5.21 Å². The fourth-order valence-electron chi connectivity index (χ4n) is 1.86. The molecule has 1 aromatic carbocycles. The molecule has 0 fully saturated rings. The number of nitrogens with zero attached hydrogens (tertiary/aromatic N) is 3. The van der Waals surface area contributed by atoms with E-state index in [1.807, 2.05) is 13.0 Å². The van der Waals surface area contributed by atoms with Gasteiger partial charge in [0.15, 0.2) is 0 Å². The maximum Gasteiger partial charge on any atom is 0.251 e. The molecule has 0 spiro atoms. The third-order valence-corrected chi connectivity index (χ3v) is 4.03. The molecule has 0 aliphatic rings. The second-order valence-electron chi connectivity index (χ2n) is 6.25. The number of aryl methyl sites for hydroxylation is 1. The first-order chi connectivity index (χ1) is 9.65. The van der Waals surface area contributed by atoms with Crippen LogP contribution < -0.4 is 5.32 Å². The monoisotopic (exact) mass is 290 g/mol. The van der Waals surface area contributed by atoms with Gasteiger partial charge in [0.1, 0.15) is 5.52 Å². The van der Waals surface area contributed by atoms with Gasteiger partial charge in [-0.15, -0.1) is 5.10 Å². The summed E-state index contributed by atoms with van der Waals surface area (Å²) in [5, 5.41) is 21.0. The summed E-state index contributed by atoms with van der Waals surface area (Å²) in [4.78, 5) is 12.3. The lowest BCUT2D eigenvalue weighted by Crippen LogP contribution is -2.57. The average Bonchev–Trinajstić information content (AvgIpc) is 2.78. The van der Waals surface area contributed by atoms with Crippen molar-refractivity contribution in [3.8, 4) is 0 Å². The molecule has 6 nitrogen and oxygen atoms in total. The molecule has 2 N–H and O–H groups in total. The smallest absolute Gasteiger partial charge is 0.251 e. The summed E-state index contributed by atoms with van der Waals surface area (Å²) in [7, 11) is 0. The SMILES string of the molecule is CCn1nnc2cc(C(=O)NC(C)(C)C(C)(C)O)ccc21. The molecular formula is C15H22N4O2. The normalized spacial score (nSPS) is 12.7. The van der Waals surface area contributed by atoms with Crippen molar-refractivity contribution < 1.29 is 9.90 Å². The van der Waals surface area contributed by atoms with Gasteiger partial charge in [-0.05, 0) is 52.8 Å². The molecule has 21 heavy (non-hydrogen) atoms. The van der Waals surface area contributed by atoms with Crippen LogP contribution in [0.15, 0.2) is 18.2 Å². The molecule has 2 rings (SSSR count). The molecule has 0 atom stereocenters. The Kier molecular flexibility index (Phi) is 3.76. The van der Waals surface area contributed by atoms with Gasteiger partial charge in [0.25, 0.3) is 5.91 Å². The molecular weight excluding hydrogens is 268 g/mol. The van der Waals surface area contributed by atoms with Crippen LogP contribution in [0.4, 0.5) is 0 Å². The Morgan fingerprint density at radius 3 is 2.57 bits per heavy atom. The van der Waals surface area contributed by atoms with Crippen molar-refractivity contribution in [2.75, 3.05) is 0 Å². The molecule has 1 aromatic heterocycles. The Bertz CT molecular complexity index is 668. The van der Waals surface area contributed by atoms with Crippen molar-refractivity contribution in [1.82, 2.24) is 20.3 Å². The van der Waals surface area contributed by atoms with E-state index >= 15 is 0 Å². The first-order valence-electron chi connectivity index (χ1n) is 7.04. The zero-order valence-corrected chi connectivity index (χ0v) is 13.1. The molecule has 2 aromatic rings. The van der Waals surface area contributed by atoms with Crippen LogP contribution in [-0.2, 0) is 6.54 Å². The van der Waals surface area contributed by atoms with Crippen molar-refractivity contribution in [2.24, 2.45) is 0 Å². The number of amides is 1. The van der Waals surface area contributed by atoms with Crippen LogP contribution in [0.5, 0.6) is 0 Å². The minimum absolute atomic E-state index is 0.241. The molecule has 1 amide bonds. The van der Waals surface area contributed by atoms with Crippen LogP contribution in [0.1, 0.15) is 45.0 Å². The van der Waals surface area contributed by atoms with Gasteiger partial charge in [0.05, 0.1) is 16.7 Å². The fraction of sp³-hybridized carbons (Fsp3) is 0.533. The van der Waals surface area contributed by atoms with Gasteiger partial charge in [-0.2, -0.15) is 0 Å². The highest BCUT2D eigenvalue weighted by molar-refractivity contribution is 5.97. The second kappa shape index (κ2) is 5.11. The predicted octanol–water partition coefficient (Wildman–Crippen LogP) is 1.73. The summed E-state index contributed by atoms with van der Waals surface area (Å²) in [6, 6.07) is 5.29. The van der Waals surface area contributed by atoms with Crippen molar-refractivity contribution in [1.29, 1.82) is 0 Å². The van der Waals surface area contributed by atoms with E-state index in [0.717, 1.165) is 12.1 Å². The number of hydrogen-bond acceptors (Lipinski definition) is 4. The molecule has 0 radical (unpaired) electrons. The highest BCUT2D eigenvalue weighted by Gasteiger charge is 2.36. The quantitative estimate of drug-likeness (QED) is 0.898. The number of fused-ring (bicyclic) bond motifs is 1. The largest absolute Gasteiger partial charge is 0.388 e. The van der Waals surface area contributed by atoms with Gasteiger partial charge < -0.3 is 10.4 Å². The molecule has 0 aliphatic heterocycles. The third-order valence-electron chi connectivity index (χ3n) is 4.03. The average molecular weight is 290 g/mol. The zero-order chi connectivity index (χ0) is 15.8. The van der Waals surface area contributed by atoms with Crippen LogP contribution in [-0.4, -0.2) is 37.1 Å². The van der Waals surface area contributed by atoms with Gasteiger partial charge in [0, 0.05) is 12.1 Å². The maximum atomic E-state index is 12.3. The molecule has 0 aliphatic carbocycles. The first kappa shape index (κ1) is 15.4. The molecule has 1 heterocycles. The Labute approximate surface area is 124 Å². The van der Waals surface area contributed by atoms with Crippen LogP contribution >= 0.6 is 0 Å². The molecule has 6 heteroatoms. The van der Waals surface area contributed by atoms with Gasteiger partial charge in [-0.3, -0.25) is 4.79 Å². The lowest BCUT2D eigenvalue weighted by Gasteiger charge is -2.38. The summed E-state index contributed by atoms with van der Waals surface area (Å²) in [5.74, 6) is -0.241. The minimum atomic E-state index is -1.03. The van der Waals surface area contributed by atoms with E-state index in [0.29, 0.717) is 11.1 Å². The minimum Gasteiger partial charge on any atom is -0.388 e. The van der Waals surface area contributed by atoms with Crippen molar-refractivity contribution >= 4 is 16.9 Å². The Hall–Kier alpha value is -1.95. The van der Waals surface area contributed by atoms with E-state index in [1.165, 1.54) is 0 Å². The van der Waals surface area contributed by atoms with Gasteiger partial charge >= 0.3 is 0 Å². The van der Waals surface area contributed by atoms with Gasteiger partial charge in [-0.25, -0.2) is 4.68 Å². The van der Waals surface area contributed by atoms with Crippen LogP contribution in [0.3, 0.4) is 0 Å². The fourth-order valence-corrected chi connectivity index (χ4v) is 1.86. The number of carbonyl (C=O) groups excluding carboxylic acids is 1. The lowest BCUT2D eigenvalue weighted by atomic mass is 9.85. The van der Waals surface area contributed by atoms with E-state index in [-0.39, 0.29) is 5.91 Å². The predicted molar refractivity (Wildman–Crippen MR) is 81.0 cm³/mol. The zero-order valence-electron chi connectivity index (χ0n) is 13.1. The van der Waals surface area contributed by atoms with E-state index in [9.17, 15) is 9.90 Å². The summed E-state index contributed by atoms with van der Waals surface area (Å²) < 4.78 is 1.78. The summed E-state index contributed by atoms with van der Waals surface area (Å²) in [6.45, 7) is 9.63. The number of aromatic nitrogens is 3. The number of carbonyl (C=O) groups is 1. The number of benzene rings is 1. The summed E-state index contributed by atoms with van der Waals surface area (Å²) >= 11 is 0. The molecule has 0 bridgehead atoms. The summed E-state index contributed by atoms with van der Waals surface area (Å²) in [6.07, 6.45) is 0. The molecule has 0 saturated heterocycles. The summed E-state index contributed by atoms with van der Waals surface area (Å²) in [5.41, 5.74) is 0.308. The topological polar surface area (TPSA) is 80.0 Å². The van der Waals surface area contributed by atoms with Crippen LogP contribution in [0.25, 0.3) is 11.0 Å². The van der Waals surface area contributed by atoms with Crippen molar-refractivity contribution in [3.05, 3.63) is 23.8 Å². The number of nitrogens with one attached hydrogen (secondary N) is 1. The first-order valence-corrected chi connectivity index (χ1v) is 7.04. The molecule has 0 unspecified atom stereocenters. The van der Waals surface area contributed by atoms with E-state index in [4.69, 9.17) is 0 Å². The van der Waals surface area contributed by atoms with E-state index < -0.39 is 11.1 Å².